The van der Waals surface area contributed by atoms with E-state index in [1.54, 1.807) is 0 Å². The first-order valence-corrected chi connectivity index (χ1v) is 5.61. The summed E-state index contributed by atoms with van der Waals surface area (Å²) in [6.07, 6.45) is 3.57. The molecule has 0 amide bonds. The average molecular weight is 191 g/mol. The van der Waals surface area contributed by atoms with Crippen LogP contribution in [-0.2, 0) is 6.42 Å². The predicted octanol–water partition coefficient (Wildman–Crippen LogP) is 3.85. The van der Waals surface area contributed by atoms with Crippen LogP contribution in [0.3, 0.4) is 0 Å². The zero-order chi connectivity index (χ0) is 10.4. The third kappa shape index (κ3) is 3.41. The van der Waals surface area contributed by atoms with Gasteiger partial charge in [-0.05, 0) is 37.5 Å². The maximum absolute atomic E-state index is 3.46. The molecule has 0 bridgehead atoms. The van der Waals surface area contributed by atoms with E-state index >= 15 is 0 Å². The van der Waals surface area contributed by atoms with E-state index in [0.717, 1.165) is 6.42 Å². The zero-order valence-corrected chi connectivity index (χ0v) is 9.51. The Kier molecular flexibility index (Phi) is 4.51. The lowest BCUT2D eigenvalue weighted by atomic mass is 10.1. The van der Waals surface area contributed by atoms with E-state index in [1.807, 2.05) is 0 Å². The van der Waals surface area contributed by atoms with E-state index in [1.165, 1.54) is 24.1 Å². The van der Waals surface area contributed by atoms with E-state index < -0.39 is 0 Å². The fourth-order valence-corrected chi connectivity index (χ4v) is 1.44. The molecule has 1 nitrogen and oxygen atoms in total. The van der Waals surface area contributed by atoms with E-state index in [0.29, 0.717) is 6.04 Å². The molecule has 0 saturated heterocycles. The second-order valence-electron chi connectivity index (χ2n) is 3.90. The molecule has 0 heterocycles. The fourth-order valence-electron chi connectivity index (χ4n) is 1.44. The van der Waals surface area contributed by atoms with Gasteiger partial charge < -0.3 is 5.32 Å². The fraction of sp³-hybridized carbons (Fsp3) is 0.538. The number of anilines is 1. The molecule has 0 saturated carbocycles. The first-order valence-electron chi connectivity index (χ1n) is 5.61. The lowest BCUT2D eigenvalue weighted by Crippen LogP contribution is -2.13. The molecule has 1 unspecified atom stereocenters. The van der Waals surface area contributed by atoms with Gasteiger partial charge in [-0.3, -0.25) is 0 Å². The largest absolute Gasteiger partial charge is 0.383 e. The monoisotopic (exact) mass is 191 g/mol. The van der Waals surface area contributed by atoms with Crippen molar-refractivity contribution in [3.8, 4) is 0 Å². The van der Waals surface area contributed by atoms with Crippen LogP contribution in [0.1, 0.15) is 39.2 Å². The van der Waals surface area contributed by atoms with Gasteiger partial charge in [0.25, 0.3) is 0 Å². The number of nitrogens with one attached hydrogen (secondary N) is 1. The van der Waals surface area contributed by atoms with Gasteiger partial charge in [0.2, 0.25) is 0 Å². The van der Waals surface area contributed by atoms with Crippen LogP contribution in [0.15, 0.2) is 24.3 Å². The summed E-state index contributed by atoms with van der Waals surface area (Å²) in [5.74, 6) is 0. The van der Waals surface area contributed by atoms with Gasteiger partial charge in [-0.1, -0.05) is 32.4 Å². The molecule has 0 radical (unpaired) electrons. The van der Waals surface area contributed by atoms with Crippen molar-refractivity contribution in [1.29, 1.82) is 0 Å². The Morgan fingerprint density at radius 1 is 1.14 bits per heavy atom. The maximum Gasteiger partial charge on any atom is 0.0342 e. The van der Waals surface area contributed by atoms with E-state index in [9.17, 15) is 0 Å². The molecule has 0 aliphatic rings. The van der Waals surface area contributed by atoms with Crippen LogP contribution >= 0.6 is 0 Å². The second-order valence-corrected chi connectivity index (χ2v) is 3.90. The highest BCUT2D eigenvalue weighted by Gasteiger charge is 1.98. The van der Waals surface area contributed by atoms with Crippen molar-refractivity contribution in [2.24, 2.45) is 0 Å². The predicted molar refractivity (Wildman–Crippen MR) is 63.8 cm³/mol. The molecular formula is C13H21N. The van der Waals surface area contributed by atoms with Crippen LogP contribution in [0.4, 0.5) is 5.69 Å². The number of hydrogen-bond donors (Lipinski definition) is 1. The molecule has 14 heavy (non-hydrogen) atoms. The van der Waals surface area contributed by atoms with Crippen LogP contribution in [0.5, 0.6) is 0 Å². The Balaban J connectivity index is 2.54. The molecule has 0 aromatic heterocycles. The van der Waals surface area contributed by atoms with Gasteiger partial charge in [0.05, 0.1) is 0 Å². The first kappa shape index (κ1) is 11.1. The van der Waals surface area contributed by atoms with Crippen LogP contribution < -0.4 is 5.32 Å². The maximum atomic E-state index is 3.46. The Hall–Kier alpha value is -0.980. The summed E-state index contributed by atoms with van der Waals surface area (Å²) in [7, 11) is 0. The minimum absolute atomic E-state index is 0.562. The summed E-state index contributed by atoms with van der Waals surface area (Å²) in [5, 5.41) is 3.46. The molecule has 1 rings (SSSR count). The third-order valence-electron chi connectivity index (χ3n) is 2.52. The highest BCUT2D eigenvalue weighted by atomic mass is 14.9. The molecule has 1 N–H and O–H groups in total. The lowest BCUT2D eigenvalue weighted by molar-refractivity contribution is 0.764. The van der Waals surface area contributed by atoms with E-state index in [-0.39, 0.29) is 0 Å². The lowest BCUT2D eigenvalue weighted by Gasteiger charge is -2.13. The van der Waals surface area contributed by atoms with Crippen molar-refractivity contribution in [2.45, 2.75) is 46.1 Å². The first-order chi connectivity index (χ1) is 6.76. The summed E-state index contributed by atoms with van der Waals surface area (Å²) in [4.78, 5) is 0. The highest BCUT2D eigenvalue weighted by Crippen LogP contribution is 2.12. The smallest absolute Gasteiger partial charge is 0.0342 e. The minimum atomic E-state index is 0.562. The molecule has 78 valence electrons. The zero-order valence-electron chi connectivity index (χ0n) is 9.51. The molecular weight excluding hydrogens is 170 g/mol. The van der Waals surface area contributed by atoms with Crippen molar-refractivity contribution >= 4 is 5.69 Å². The van der Waals surface area contributed by atoms with Crippen molar-refractivity contribution in [3.05, 3.63) is 29.8 Å². The number of aryl methyl sites for hydroxylation is 1. The van der Waals surface area contributed by atoms with Gasteiger partial charge >= 0.3 is 0 Å². The Morgan fingerprint density at radius 3 is 2.29 bits per heavy atom. The summed E-state index contributed by atoms with van der Waals surface area (Å²) in [6, 6.07) is 9.35. The van der Waals surface area contributed by atoms with Crippen LogP contribution in [0.25, 0.3) is 0 Å². The molecule has 1 aromatic rings. The molecule has 0 aliphatic carbocycles. The molecule has 0 spiro atoms. The standard InChI is InChI=1S/C13H21N/c1-4-6-12-7-9-13(10-8-12)14-11(3)5-2/h7-11,14H,4-6H2,1-3H3. The molecule has 0 aliphatic heterocycles. The van der Waals surface area contributed by atoms with Crippen molar-refractivity contribution in [2.75, 3.05) is 5.32 Å². The summed E-state index contributed by atoms with van der Waals surface area (Å²) in [5.41, 5.74) is 2.67. The van der Waals surface area contributed by atoms with E-state index in [2.05, 4.69) is 50.4 Å². The topological polar surface area (TPSA) is 12.0 Å². The number of benzene rings is 1. The van der Waals surface area contributed by atoms with Crippen LogP contribution in [-0.4, -0.2) is 6.04 Å². The van der Waals surface area contributed by atoms with Crippen molar-refractivity contribution in [1.82, 2.24) is 0 Å². The normalized spacial score (nSPS) is 12.5. The molecule has 0 fully saturated rings. The van der Waals surface area contributed by atoms with Gasteiger partial charge in [-0.15, -0.1) is 0 Å². The summed E-state index contributed by atoms with van der Waals surface area (Å²) < 4.78 is 0. The van der Waals surface area contributed by atoms with Crippen molar-refractivity contribution < 1.29 is 0 Å². The summed E-state index contributed by atoms with van der Waals surface area (Å²) in [6.45, 7) is 6.62. The minimum Gasteiger partial charge on any atom is -0.383 e. The van der Waals surface area contributed by atoms with E-state index in [4.69, 9.17) is 0 Å². The Morgan fingerprint density at radius 2 is 1.79 bits per heavy atom. The average Bonchev–Trinajstić information content (AvgIpc) is 2.21. The third-order valence-corrected chi connectivity index (χ3v) is 2.52. The molecule has 1 heteroatoms. The Labute approximate surface area is 87.5 Å². The van der Waals surface area contributed by atoms with Gasteiger partial charge in [0, 0.05) is 11.7 Å². The number of rotatable bonds is 5. The van der Waals surface area contributed by atoms with Crippen molar-refractivity contribution in [3.63, 3.8) is 0 Å². The SMILES string of the molecule is CCCc1ccc(NC(C)CC)cc1. The quantitative estimate of drug-likeness (QED) is 0.745. The van der Waals surface area contributed by atoms with Crippen LogP contribution in [0, 0.1) is 0 Å². The molecule has 1 aromatic carbocycles. The summed E-state index contributed by atoms with van der Waals surface area (Å²) >= 11 is 0. The van der Waals surface area contributed by atoms with Crippen LogP contribution in [0.2, 0.25) is 0 Å². The highest BCUT2D eigenvalue weighted by molar-refractivity contribution is 5.45. The van der Waals surface area contributed by atoms with Gasteiger partial charge in [-0.2, -0.15) is 0 Å². The van der Waals surface area contributed by atoms with Gasteiger partial charge in [-0.25, -0.2) is 0 Å². The number of hydrogen-bond acceptors (Lipinski definition) is 1. The van der Waals surface area contributed by atoms with Gasteiger partial charge in [0.1, 0.15) is 0 Å². The molecule has 1 atom stereocenters. The Bertz CT molecular complexity index is 250. The second kappa shape index (κ2) is 5.69. The van der Waals surface area contributed by atoms with Gasteiger partial charge in [0.15, 0.2) is 0 Å².